The van der Waals surface area contributed by atoms with E-state index in [9.17, 15) is 4.79 Å². The summed E-state index contributed by atoms with van der Waals surface area (Å²) in [5, 5.41) is 11.6. The molecule has 0 aromatic heterocycles. The summed E-state index contributed by atoms with van der Waals surface area (Å²) in [7, 11) is 2.16. The SMILES string of the molecule is CN1CCC(C(C)(C)CNCC(=O)O)CC1. The van der Waals surface area contributed by atoms with Crippen molar-refractivity contribution in [1.29, 1.82) is 0 Å². The molecule has 0 unspecified atom stereocenters. The molecule has 94 valence electrons. The molecule has 1 saturated heterocycles. The van der Waals surface area contributed by atoms with Gasteiger partial charge in [-0.1, -0.05) is 13.8 Å². The first-order valence-corrected chi connectivity index (χ1v) is 6.03. The Bertz CT molecular complexity index is 233. The fourth-order valence-corrected chi connectivity index (χ4v) is 2.43. The van der Waals surface area contributed by atoms with E-state index in [4.69, 9.17) is 5.11 Å². The molecule has 0 spiro atoms. The van der Waals surface area contributed by atoms with E-state index in [0.29, 0.717) is 5.92 Å². The molecule has 16 heavy (non-hydrogen) atoms. The second-order valence-corrected chi connectivity index (χ2v) is 5.56. The molecule has 0 atom stereocenters. The first-order valence-electron chi connectivity index (χ1n) is 6.03. The summed E-state index contributed by atoms with van der Waals surface area (Å²) in [5.74, 6) is -0.0795. The lowest BCUT2D eigenvalue weighted by atomic mass is 9.73. The second kappa shape index (κ2) is 5.64. The minimum atomic E-state index is -0.779. The third kappa shape index (κ3) is 4.10. The van der Waals surface area contributed by atoms with Crippen molar-refractivity contribution < 1.29 is 9.90 Å². The van der Waals surface area contributed by atoms with Gasteiger partial charge in [0.05, 0.1) is 6.54 Å². The normalized spacial score (nSPS) is 19.9. The summed E-state index contributed by atoms with van der Waals surface area (Å²) >= 11 is 0. The first kappa shape index (κ1) is 13.5. The van der Waals surface area contributed by atoms with Crippen molar-refractivity contribution in [2.75, 3.05) is 33.2 Å². The minimum absolute atomic E-state index is 0.0655. The molecule has 1 heterocycles. The highest BCUT2D eigenvalue weighted by atomic mass is 16.4. The Kier molecular flexibility index (Phi) is 4.74. The fraction of sp³-hybridized carbons (Fsp3) is 0.917. The zero-order chi connectivity index (χ0) is 12.2. The number of carboxylic acids is 1. The van der Waals surface area contributed by atoms with Gasteiger partial charge >= 0.3 is 5.97 Å². The van der Waals surface area contributed by atoms with Gasteiger partial charge in [0.25, 0.3) is 0 Å². The Morgan fingerprint density at radius 2 is 2.00 bits per heavy atom. The van der Waals surface area contributed by atoms with E-state index in [0.717, 1.165) is 19.6 Å². The molecule has 1 aliphatic rings. The van der Waals surface area contributed by atoms with Crippen LogP contribution in [-0.4, -0.2) is 49.2 Å². The average Bonchev–Trinajstić information content (AvgIpc) is 2.17. The number of piperidine rings is 1. The summed E-state index contributed by atoms with van der Waals surface area (Å²) in [6.07, 6.45) is 2.44. The number of aliphatic carboxylic acids is 1. The van der Waals surface area contributed by atoms with Crippen LogP contribution in [0.1, 0.15) is 26.7 Å². The van der Waals surface area contributed by atoms with E-state index in [-0.39, 0.29) is 12.0 Å². The molecule has 0 amide bonds. The molecular formula is C12H24N2O2. The number of hydrogen-bond donors (Lipinski definition) is 2. The van der Waals surface area contributed by atoms with Gasteiger partial charge in [-0.05, 0) is 44.3 Å². The van der Waals surface area contributed by atoms with Crippen molar-refractivity contribution >= 4 is 5.97 Å². The van der Waals surface area contributed by atoms with Gasteiger partial charge in [-0.15, -0.1) is 0 Å². The van der Waals surface area contributed by atoms with Gasteiger partial charge in [0.1, 0.15) is 0 Å². The molecule has 0 bridgehead atoms. The highest BCUT2D eigenvalue weighted by Gasteiger charge is 2.31. The Labute approximate surface area is 98.0 Å². The van der Waals surface area contributed by atoms with E-state index in [1.165, 1.54) is 12.8 Å². The Morgan fingerprint density at radius 1 is 1.44 bits per heavy atom. The van der Waals surface area contributed by atoms with Gasteiger partial charge in [-0.25, -0.2) is 0 Å². The molecule has 1 rings (SSSR count). The molecule has 1 aliphatic heterocycles. The molecule has 0 saturated carbocycles. The van der Waals surface area contributed by atoms with Crippen molar-refractivity contribution in [3.63, 3.8) is 0 Å². The quantitative estimate of drug-likeness (QED) is 0.738. The van der Waals surface area contributed by atoms with E-state index >= 15 is 0 Å². The van der Waals surface area contributed by atoms with Crippen molar-refractivity contribution in [3.05, 3.63) is 0 Å². The predicted octanol–water partition coefficient (Wildman–Crippen LogP) is 1.03. The summed E-state index contributed by atoms with van der Waals surface area (Å²) in [5.41, 5.74) is 0.191. The number of nitrogens with one attached hydrogen (secondary N) is 1. The van der Waals surface area contributed by atoms with E-state index in [1.54, 1.807) is 0 Å². The molecule has 0 aromatic carbocycles. The summed E-state index contributed by atoms with van der Waals surface area (Å²) < 4.78 is 0. The van der Waals surface area contributed by atoms with Crippen molar-refractivity contribution in [1.82, 2.24) is 10.2 Å². The number of hydrogen-bond acceptors (Lipinski definition) is 3. The molecule has 4 nitrogen and oxygen atoms in total. The van der Waals surface area contributed by atoms with Crippen LogP contribution in [0.5, 0.6) is 0 Å². The second-order valence-electron chi connectivity index (χ2n) is 5.56. The van der Waals surface area contributed by atoms with Crippen molar-refractivity contribution in [2.24, 2.45) is 11.3 Å². The van der Waals surface area contributed by atoms with E-state index < -0.39 is 5.97 Å². The van der Waals surface area contributed by atoms with Gasteiger partial charge in [0, 0.05) is 6.54 Å². The summed E-state index contributed by atoms with van der Waals surface area (Å²) in [6, 6.07) is 0. The Hall–Kier alpha value is -0.610. The molecule has 0 radical (unpaired) electrons. The largest absolute Gasteiger partial charge is 0.480 e. The maximum Gasteiger partial charge on any atom is 0.317 e. The smallest absolute Gasteiger partial charge is 0.317 e. The Morgan fingerprint density at radius 3 is 2.50 bits per heavy atom. The zero-order valence-electron chi connectivity index (χ0n) is 10.6. The van der Waals surface area contributed by atoms with Gasteiger partial charge < -0.3 is 15.3 Å². The molecule has 1 fully saturated rings. The van der Waals surface area contributed by atoms with Crippen LogP contribution in [-0.2, 0) is 4.79 Å². The number of rotatable bonds is 5. The highest BCUT2D eigenvalue weighted by Crippen LogP contribution is 2.33. The number of nitrogens with zero attached hydrogens (tertiary/aromatic N) is 1. The molecule has 0 aromatic rings. The van der Waals surface area contributed by atoms with Crippen LogP contribution in [0.4, 0.5) is 0 Å². The van der Waals surface area contributed by atoms with Gasteiger partial charge in [0.2, 0.25) is 0 Å². The van der Waals surface area contributed by atoms with Crippen molar-refractivity contribution in [3.8, 4) is 0 Å². The van der Waals surface area contributed by atoms with Crippen LogP contribution in [0, 0.1) is 11.3 Å². The highest BCUT2D eigenvalue weighted by molar-refractivity contribution is 5.68. The monoisotopic (exact) mass is 228 g/mol. The van der Waals surface area contributed by atoms with Crippen LogP contribution in [0.15, 0.2) is 0 Å². The van der Waals surface area contributed by atoms with Crippen LogP contribution in [0.2, 0.25) is 0 Å². The number of likely N-dealkylation sites (tertiary alicyclic amines) is 1. The van der Waals surface area contributed by atoms with Crippen LogP contribution in [0.3, 0.4) is 0 Å². The summed E-state index contributed by atoms with van der Waals surface area (Å²) in [4.78, 5) is 12.8. The van der Waals surface area contributed by atoms with E-state index in [1.807, 2.05) is 0 Å². The fourth-order valence-electron chi connectivity index (χ4n) is 2.43. The lowest BCUT2D eigenvalue weighted by Gasteiger charge is -2.39. The Balaban J connectivity index is 2.34. The van der Waals surface area contributed by atoms with Gasteiger partial charge in [-0.3, -0.25) is 4.79 Å². The number of carboxylic acid groups (broad SMARTS) is 1. The lowest BCUT2D eigenvalue weighted by molar-refractivity contribution is -0.136. The third-order valence-corrected chi connectivity index (χ3v) is 3.68. The molecule has 0 aliphatic carbocycles. The van der Waals surface area contributed by atoms with Crippen LogP contribution in [0.25, 0.3) is 0 Å². The van der Waals surface area contributed by atoms with Gasteiger partial charge in [-0.2, -0.15) is 0 Å². The van der Waals surface area contributed by atoms with Crippen LogP contribution >= 0.6 is 0 Å². The minimum Gasteiger partial charge on any atom is -0.480 e. The zero-order valence-corrected chi connectivity index (χ0v) is 10.6. The standard InChI is InChI=1S/C12H24N2O2/c1-12(2,9-13-8-11(15)16)10-4-6-14(3)7-5-10/h10,13H,4-9H2,1-3H3,(H,15,16). The number of carbonyl (C=O) groups is 1. The molecule has 4 heteroatoms. The van der Waals surface area contributed by atoms with Gasteiger partial charge in [0.15, 0.2) is 0 Å². The average molecular weight is 228 g/mol. The predicted molar refractivity (Wildman–Crippen MR) is 64.5 cm³/mol. The lowest BCUT2D eigenvalue weighted by Crippen LogP contribution is -2.42. The van der Waals surface area contributed by atoms with E-state index in [2.05, 4.69) is 31.1 Å². The van der Waals surface area contributed by atoms with Crippen LogP contribution < -0.4 is 5.32 Å². The first-order chi connectivity index (χ1) is 7.42. The molecular weight excluding hydrogens is 204 g/mol. The summed E-state index contributed by atoms with van der Waals surface area (Å²) in [6.45, 7) is 7.64. The maximum atomic E-state index is 10.4. The maximum absolute atomic E-state index is 10.4. The third-order valence-electron chi connectivity index (χ3n) is 3.68. The topological polar surface area (TPSA) is 52.6 Å². The molecule has 2 N–H and O–H groups in total. The van der Waals surface area contributed by atoms with Crippen molar-refractivity contribution in [2.45, 2.75) is 26.7 Å².